The van der Waals surface area contributed by atoms with Crippen molar-refractivity contribution >= 4 is 23.6 Å². The minimum atomic E-state index is -2.34. The van der Waals surface area contributed by atoms with E-state index in [2.05, 4.69) is 21.3 Å². The predicted octanol–water partition coefficient (Wildman–Crippen LogP) is -13.9. The Morgan fingerprint density at radius 2 is 0.848 bits per heavy atom. The second-order valence-corrected chi connectivity index (χ2v) is 19.5. The average Bonchev–Trinajstić information content (AvgIpc) is 3.43. The van der Waals surface area contributed by atoms with Crippen molar-refractivity contribution in [2.24, 2.45) is 0 Å². The molecule has 79 heavy (non-hydrogen) atoms. The summed E-state index contributed by atoms with van der Waals surface area (Å²) in [5, 5.41) is 192. The number of ether oxygens (including phenoxy) is 10. The summed E-state index contributed by atoms with van der Waals surface area (Å²) in [5.74, 6) is -3.29. The maximum absolute atomic E-state index is 12.7. The topological polar surface area (TPSA) is 553 Å². The zero-order valence-corrected chi connectivity index (χ0v) is 43.0. The number of rotatable bonds is 24. The molecule has 35 heteroatoms. The van der Waals surface area contributed by atoms with Gasteiger partial charge in [-0.05, 0) is 0 Å². The lowest BCUT2D eigenvalue weighted by molar-refractivity contribution is -0.381. The molecule has 5 saturated heterocycles. The zero-order valence-electron chi connectivity index (χ0n) is 43.0. The van der Waals surface area contributed by atoms with E-state index < -0.39 is 248 Å². The molecule has 0 radical (unpaired) electrons. The Balaban J connectivity index is 1.52. The van der Waals surface area contributed by atoms with Crippen LogP contribution in [0.15, 0.2) is 0 Å². The minimum absolute atomic E-state index is 0.757. The molecule has 4 amide bonds. The van der Waals surface area contributed by atoms with Crippen LogP contribution in [0.25, 0.3) is 0 Å². The summed E-state index contributed by atoms with van der Waals surface area (Å²) in [6, 6.07) is -6.79. The van der Waals surface area contributed by atoms with Gasteiger partial charge in [0.05, 0.1) is 52.3 Å². The maximum atomic E-state index is 12.7. The summed E-state index contributed by atoms with van der Waals surface area (Å²) < 4.78 is 58.5. The Hall–Kier alpha value is -3.20. The molecule has 0 unspecified atom stereocenters. The third-order valence-electron chi connectivity index (χ3n) is 13.7. The van der Waals surface area contributed by atoms with Crippen LogP contribution in [0, 0.1) is 0 Å². The number of carbonyl (C=O) groups excluding carboxylic acids is 4. The fourth-order valence-corrected chi connectivity index (χ4v) is 9.63. The Kier molecular flexibility index (Phi) is 25.2. The van der Waals surface area contributed by atoms with Gasteiger partial charge in [-0.15, -0.1) is 0 Å². The molecule has 29 atom stereocenters. The quantitative estimate of drug-likeness (QED) is 0.0427. The number of amides is 4. The van der Waals surface area contributed by atoms with Gasteiger partial charge in [0, 0.05) is 27.7 Å². The number of aliphatic hydroxyl groups is 17. The van der Waals surface area contributed by atoms with E-state index in [9.17, 15) is 106 Å². The monoisotopic (exact) mass is 1160 g/mol. The summed E-state index contributed by atoms with van der Waals surface area (Å²) in [7, 11) is 0. The van der Waals surface area contributed by atoms with Crippen LogP contribution in [0.3, 0.4) is 0 Å². The van der Waals surface area contributed by atoms with Gasteiger partial charge in [-0.2, -0.15) is 0 Å². The molecule has 0 aromatic heterocycles. The summed E-state index contributed by atoms with van der Waals surface area (Å²) >= 11 is 0. The van der Waals surface area contributed by atoms with Crippen molar-refractivity contribution < 1.29 is 153 Å². The van der Waals surface area contributed by atoms with Crippen LogP contribution in [-0.2, 0) is 66.5 Å². The number of hydrogen-bond acceptors (Lipinski definition) is 31. The largest absolute Gasteiger partial charge is 0.394 e. The predicted molar refractivity (Wildman–Crippen MR) is 248 cm³/mol. The lowest BCUT2D eigenvalue weighted by Gasteiger charge is -2.50. The molecule has 0 spiro atoms. The van der Waals surface area contributed by atoms with E-state index in [0.717, 1.165) is 27.7 Å². The third kappa shape index (κ3) is 15.9. The van der Waals surface area contributed by atoms with E-state index in [1.807, 2.05) is 0 Å². The fourth-order valence-electron chi connectivity index (χ4n) is 9.63. The van der Waals surface area contributed by atoms with E-state index >= 15 is 0 Å². The normalized spacial score (nSPS) is 42.5. The van der Waals surface area contributed by atoms with E-state index in [4.69, 9.17) is 47.4 Å². The molecular weight excluding hydrogens is 1080 g/mol. The van der Waals surface area contributed by atoms with E-state index in [1.165, 1.54) is 0 Å². The van der Waals surface area contributed by atoms with Gasteiger partial charge in [0.2, 0.25) is 23.6 Å². The molecule has 0 bridgehead atoms. The summed E-state index contributed by atoms with van der Waals surface area (Å²) in [6.07, 6.45) is -48.6. The number of aliphatic hydroxyl groups excluding tert-OH is 17. The van der Waals surface area contributed by atoms with Crippen molar-refractivity contribution in [3.05, 3.63) is 0 Å². The van der Waals surface area contributed by atoms with Gasteiger partial charge in [-0.1, -0.05) is 0 Å². The number of carbonyl (C=O) groups is 4. The van der Waals surface area contributed by atoms with Gasteiger partial charge in [-0.25, -0.2) is 0 Å². The highest BCUT2D eigenvalue weighted by Gasteiger charge is 2.57. The molecule has 35 nitrogen and oxygen atoms in total. The molecule has 0 aromatic carbocycles. The molecule has 5 heterocycles. The van der Waals surface area contributed by atoms with E-state index in [1.54, 1.807) is 0 Å². The standard InChI is InChI=1S/C44H76N4O31/c1-12(55)45-16(5-49)36(26(60)17(59)6-50)76-41-24(47-14(3)57)31(65)38(21(10-54)73-41)78-44-35(69)39(29(63)22(75-44)11-70-40-23(46-13(2)56)30(64)27(61)18(7-51)71-40)79-42-25(48-15(4)58)32(66)37(20(9-53)74-42)77-43-34(68)33(67)28(62)19(8-52)72-43/h16-44,49-54,59-69H,5-11H2,1-4H3,(H,45,55)(H,46,56)(H,47,57)(H,48,58)/t16-,17+,18+,19+,20+,21+,22+,23+,24+,25+,26-,27+,28-,29-,30-,31+,32+,33-,34+,35+,36+,37+,38+,39-,40+,41-,42-,43-,44-/m0/s1. The van der Waals surface area contributed by atoms with Gasteiger partial charge in [0.1, 0.15) is 140 Å². The summed E-state index contributed by atoms with van der Waals surface area (Å²) in [5.41, 5.74) is 0. The highest BCUT2D eigenvalue weighted by atomic mass is 16.8. The molecular formula is C44H76N4O31. The minimum Gasteiger partial charge on any atom is -0.394 e. The van der Waals surface area contributed by atoms with Gasteiger partial charge >= 0.3 is 0 Å². The first-order valence-electron chi connectivity index (χ1n) is 25.0. The van der Waals surface area contributed by atoms with Crippen molar-refractivity contribution in [2.75, 3.05) is 46.2 Å². The van der Waals surface area contributed by atoms with Crippen LogP contribution < -0.4 is 21.3 Å². The SMILES string of the molecule is CC(=O)N[C@H]1[C@H](OC[C@H]2O[C@@H](O[C@H]3[C@H](O)[C@@H](NC(C)=O)[C@H](O[C@@H]([C@@H](O)[C@H](O)CO)[C@H](CO)NC(C)=O)O[C@@H]3CO)[C@H](O)[C@@H](O[C@@H]3O[C@H](CO)[C@@H](O[C@@H]4O[C@H](CO)[C@H](O)[C@H](O)[C@H]4O)[C@H](O)[C@H]3NC(C)=O)[C@H]2O)O[C@H](CO)[C@@H](O)[C@H]1O. The highest BCUT2D eigenvalue weighted by Crippen LogP contribution is 2.36. The molecule has 0 saturated carbocycles. The molecule has 0 aromatic rings. The van der Waals surface area contributed by atoms with Crippen molar-refractivity contribution in [1.82, 2.24) is 21.3 Å². The molecule has 5 aliphatic heterocycles. The van der Waals surface area contributed by atoms with Crippen LogP contribution in [0.1, 0.15) is 27.7 Å². The molecule has 5 fully saturated rings. The van der Waals surface area contributed by atoms with E-state index in [-0.39, 0.29) is 0 Å². The first kappa shape index (κ1) is 66.6. The average molecular weight is 1160 g/mol. The first-order chi connectivity index (χ1) is 37.3. The van der Waals surface area contributed by atoms with Crippen LogP contribution in [-0.4, -0.2) is 334 Å². The zero-order chi connectivity index (χ0) is 58.9. The maximum Gasteiger partial charge on any atom is 0.217 e. The molecule has 5 aliphatic rings. The Labute approximate surface area is 449 Å². The Bertz CT molecular complexity index is 1940. The lowest BCUT2D eigenvalue weighted by atomic mass is 9.94. The number of nitrogens with one attached hydrogen (secondary N) is 4. The molecule has 5 rings (SSSR count). The fraction of sp³-hybridized carbons (Fsp3) is 0.909. The second kappa shape index (κ2) is 29.9. The lowest BCUT2D eigenvalue weighted by Crippen LogP contribution is -2.70. The van der Waals surface area contributed by atoms with Crippen LogP contribution in [0.4, 0.5) is 0 Å². The van der Waals surface area contributed by atoms with Crippen molar-refractivity contribution in [3.63, 3.8) is 0 Å². The highest BCUT2D eigenvalue weighted by molar-refractivity contribution is 5.74. The number of hydrogen-bond donors (Lipinski definition) is 21. The van der Waals surface area contributed by atoms with Crippen LogP contribution >= 0.6 is 0 Å². The van der Waals surface area contributed by atoms with Crippen molar-refractivity contribution in [2.45, 2.75) is 205 Å². The Morgan fingerprint density at radius 1 is 0.430 bits per heavy atom. The first-order valence-corrected chi connectivity index (χ1v) is 25.0. The van der Waals surface area contributed by atoms with Gasteiger partial charge in [0.15, 0.2) is 31.5 Å². The molecule has 458 valence electrons. The van der Waals surface area contributed by atoms with Crippen LogP contribution in [0.2, 0.25) is 0 Å². The summed E-state index contributed by atoms with van der Waals surface area (Å²) in [6.45, 7) is -2.87. The molecule has 0 aliphatic carbocycles. The Morgan fingerprint density at radius 3 is 1.32 bits per heavy atom. The van der Waals surface area contributed by atoms with Crippen molar-refractivity contribution in [3.8, 4) is 0 Å². The van der Waals surface area contributed by atoms with E-state index in [0.29, 0.717) is 0 Å². The smallest absolute Gasteiger partial charge is 0.217 e. The third-order valence-corrected chi connectivity index (χ3v) is 13.7. The van der Waals surface area contributed by atoms with Gasteiger partial charge < -0.3 is 155 Å². The summed E-state index contributed by atoms with van der Waals surface area (Å²) in [4.78, 5) is 49.6. The molecule has 21 N–H and O–H groups in total. The van der Waals surface area contributed by atoms with Crippen LogP contribution in [0.5, 0.6) is 0 Å². The van der Waals surface area contributed by atoms with Crippen molar-refractivity contribution in [1.29, 1.82) is 0 Å². The van der Waals surface area contributed by atoms with Gasteiger partial charge in [0.25, 0.3) is 0 Å². The second-order valence-electron chi connectivity index (χ2n) is 19.5. The van der Waals surface area contributed by atoms with Gasteiger partial charge in [-0.3, -0.25) is 19.2 Å².